The third-order valence-corrected chi connectivity index (χ3v) is 5.76. The summed E-state index contributed by atoms with van der Waals surface area (Å²) in [4.78, 5) is 32.5. The molecule has 39 heavy (non-hydrogen) atoms. The van der Waals surface area contributed by atoms with Gasteiger partial charge in [-0.05, 0) is 39.5 Å². The molecule has 2 amide bonds. The molecule has 0 saturated heterocycles. The molecule has 7 nitrogen and oxygen atoms in total. The number of nitrogens with one attached hydrogen (secondary N) is 1. The third kappa shape index (κ3) is 46.7. The molecule has 0 aromatic carbocycles. The molecule has 0 unspecified atom stereocenters. The maximum absolute atomic E-state index is 11.3. The first kappa shape index (κ1) is 42.0. The second-order valence-corrected chi connectivity index (χ2v) is 11.9. The highest BCUT2D eigenvalue weighted by molar-refractivity contribution is 5.78. The van der Waals surface area contributed by atoms with Crippen LogP contribution in [0.25, 0.3) is 0 Å². The van der Waals surface area contributed by atoms with E-state index in [9.17, 15) is 14.4 Å². The molecule has 7 heteroatoms. The molecule has 0 aliphatic heterocycles. The van der Waals surface area contributed by atoms with Gasteiger partial charge in [0, 0.05) is 25.8 Å². The molecular weight excluding hydrogens is 492 g/mol. The van der Waals surface area contributed by atoms with Crippen LogP contribution in [0.3, 0.4) is 0 Å². The lowest BCUT2D eigenvalue weighted by molar-refractivity contribution is -0.122. The van der Waals surface area contributed by atoms with E-state index in [1.807, 2.05) is 0 Å². The van der Waals surface area contributed by atoms with Crippen molar-refractivity contribution in [1.82, 2.24) is 5.32 Å². The Hall–Kier alpha value is -1.47. The number of carbonyl (C=O) groups excluding carboxylic acids is 3. The molecule has 234 valence electrons. The predicted octanol–water partition coefficient (Wildman–Crippen LogP) is 7.26. The van der Waals surface area contributed by atoms with E-state index in [4.69, 9.17) is 15.6 Å². The van der Waals surface area contributed by atoms with Crippen LogP contribution < -0.4 is 11.1 Å². The number of hydrogen-bond acceptors (Lipinski definition) is 5. The van der Waals surface area contributed by atoms with Crippen molar-refractivity contribution in [3.63, 3.8) is 0 Å². The second-order valence-electron chi connectivity index (χ2n) is 11.9. The lowest BCUT2D eigenvalue weighted by atomic mass is 10.0. The van der Waals surface area contributed by atoms with Gasteiger partial charge in [-0.15, -0.1) is 0 Å². The number of nitrogens with two attached hydrogens (primary N) is 1. The van der Waals surface area contributed by atoms with Gasteiger partial charge in [-0.25, -0.2) is 0 Å². The van der Waals surface area contributed by atoms with Crippen LogP contribution >= 0.6 is 0 Å². The fourth-order valence-electron chi connectivity index (χ4n) is 3.47. The normalized spacial score (nSPS) is 10.8. The van der Waals surface area contributed by atoms with E-state index in [2.05, 4.69) is 33.0 Å². The number of amides is 2. The molecule has 4 N–H and O–H groups in total. The molecule has 0 spiro atoms. The zero-order valence-corrected chi connectivity index (χ0v) is 26.9. The number of unbranched alkanes of at least 4 members (excludes halogenated alkanes) is 12. The van der Waals surface area contributed by atoms with Gasteiger partial charge in [0.2, 0.25) is 11.8 Å². The van der Waals surface area contributed by atoms with Crippen molar-refractivity contribution in [2.24, 2.45) is 11.7 Å². The first-order chi connectivity index (χ1) is 18.4. The lowest BCUT2D eigenvalue weighted by Crippen LogP contribution is -2.34. The summed E-state index contributed by atoms with van der Waals surface area (Å²) in [6.07, 6.45) is 19.3. The fourth-order valence-corrected chi connectivity index (χ4v) is 3.47. The van der Waals surface area contributed by atoms with Gasteiger partial charge in [-0.1, -0.05) is 105 Å². The number of hydrogen-bond donors (Lipinski definition) is 3. The highest BCUT2D eigenvalue weighted by Gasteiger charge is 2.16. The van der Waals surface area contributed by atoms with Crippen LogP contribution in [-0.4, -0.2) is 48.1 Å². The number of ketones is 1. The average Bonchev–Trinajstić information content (AvgIpc) is 2.84. The monoisotopic (exact) mass is 558 g/mol. The largest absolute Gasteiger partial charge is 0.393 e. The topological polar surface area (TPSA) is 119 Å². The van der Waals surface area contributed by atoms with E-state index in [-0.39, 0.29) is 24.2 Å². The first-order valence-corrected chi connectivity index (χ1v) is 15.7. The highest BCUT2D eigenvalue weighted by Crippen LogP contribution is 2.12. The zero-order valence-electron chi connectivity index (χ0n) is 26.9. The van der Waals surface area contributed by atoms with Gasteiger partial charge in [-0.3, -0.25) is 9.59 Å². The molecule has 0 saturated carbocycles. The number of carbonyl (C=O) groups is 3. The van der Waals surface area contributed by atoms with E-state index in [1.54, 1.807) is 13.8 Å². The van der Waals surface area contributed by atoms with E-state index in [0.717, 1.165) is 12.3 Å². The third-order valence-electron chi connectivity index (χ3n) is 5.76. The summed E-state index contributed by atoms with van der Waals surface area (Å²) in [5.41, 5.74) is 4.52. The summed E-state index contributed by atoms with van der Waals surface area (Å²) in [6, 6.07) is 0. The van der Waals surface area contributed by atoms with Crippen molar-refractivity contribution in [1.29, 1.82) is 0 Å². The van der Waals surface area contributed by atoms with Gasteiger partial charge in [0.25, 0.3) is 0 Å². The molecule has 0 bridgehead atoms. The summed E-state index contributed by atoms with van der Waals surface area (Å²) < 4.78 is 5.35. The Morgan fingerprint density at radius 2 is 1.21 bits per heavy atom. The van der Waals surface area contributed by atoms with Crippen molar-refractivity contribution < 1.29 is 24.2 Å². The number of aliphatic hydroxyl groups excluding tert-OH is 1. The van der Waals surface area contributed by atoms with Gasteiger partial charge in [-0.2, -0.15) is 0 Å². The second kappa shape index (κ2) is 31.1. The number of Topliss-reactive ketones (excluding diaryl/α,β-unsaturated/α-hetero) is 1. The lowest BCUT2D eigenvalue weighted by Gasteiger charge is -2.22. The van der Waals surface area contributed by atoms with E-state index in [1.165, 1.54) is 84.0 Å². The Bertz CT molecular complexity index is 562. The van der Waals surface area contributed by atoms with E-state index >= 15 is 0 Å². The van der Waals surface area contributed by atoms with E-state index < -0.39 is 5.60 Å². The van der Waals surface area contributed by atoms with Crippen molar-refractivity contribution >= 4 is 17.6 Å². The van der Waals surface area contributed by atoms with Crippen LogP contribution in [0.4, 0.5) is 0 Å². The smallest absolute Gasteiger partial charge is 0.220 e. The molecule has 0 aromatic rings. The minimum atomic E-state index is -0.570. The SMILES string of the molecule is CC(=O)CCCC(=O)NCCOC(C)(C)CO.CC(C)C.CCCCCCCCCCCCCCCC(N)=O. The van der Waals surface area contributed by atoms with Crippen LogP contribution in [0.5, 0.6) is 0 Å². The minimum Gasteiger partial charge on any atom is -0.393 e. The van der Waals surface area contributed by atoms with Gasteiger partial charge in [0.15, 0.2) is 0 Å². The molecule has 0 rings (SSSR count). The Morgan fingerprint density at radius 1 is 0.769 bits per heavy atom. The predicted molar refractivity (Wildman–Crippen MR) is 165 cm³/mol. The number of rotatable bonds is 23. The fraction of sp³-hybridized carbons (Fsp3) is 0.906. The first-order valence-electron chi connectivity index (χ1n) is 15.7. The Kier molecular flexibility index (Phi) is 33.5. The van der Waals surface area contributed by atoms with Crippen LogP contribution in [0.1, 0.15) is 158 Å². The average molecular weight is 559 g/mol. The van der Waals surface area contributed by atoms with Gasteiger partial charge in [0.1, 0.15) is 5.78 Å². The Balaban J connectivity index is -0.000000584. The van der Waals surface area contributed by atoms with Gasteiger partial charge in [0.05, 0.1) is 18.8 Å². The minimum absolute atomic E-state index is 0.0560. The molecule has 0 radical (unpaired) electrons. The zero-order chi connectivity index (χ0) is 30.4. The standard InChI is InChI=1S/C16H33NO.C12H23NO4.C4H10/c1-2-3-4-5-6-7-8-9-10-11-12-13-14-15-16(17)18;1-10(15)5-4-6-11(16)13-7-8-17-12(2,3)9-14;1-4(2)3/h2-15H2,1H3,(H2,17,18);14H,4-9H2,1-3H3,(H,13,16);4H,1-3H3. The molecule has 0 fully saturated rings. The molecule has 0 heterocycles. The van der Waals surface area contributed by atoms with Crippen LogP contribution in [0.2, 0.25) is 0 Å². The van der Waals surface area contributed by atoms with Crippen molar-refractivity contribution in [2.45, 2.75) is 163 Å². The molecule has 0 aromatic heterocycles. The van der Waals surface area contributed by atoms with Crippen molar-refractivity contribution in [2.75, 3.05) is 19.8 Å². The summed E-state index contributed by atoms with van der Waals surface area (Å²) in [7, 11) is 0. The molecule has 0 aliphatic carbocycles. The Morgan fingerprint density at radius 3 is 1.59 bits per heavy atom. The van der Waals surface area contributed by atoms with Crippen molar-refractivity contribution in [3.8, 4) is 0 Å². The van der Waals surface area contributed by atoms with Gasteiger partial charge < -0.3 is 25.7 Å². The Labute approximate surface area is 241 Å². The summed E-state index contributed by atoms with van der Waals surface area (Å²) in [5.74, 6) is 0.709. The van der Waals surface area contributed by atoms with Crippen LogP contribution in [0, 0.1) is 5.92 Å². The quantitative estimate of drug-likeness (QED) is 0.114. The number of ether oxygens (including phenoxy) is 1. The highest BCUT2D eigenvalue weighted by atomic mass is 16.5. The molecular formula is C32H66N2O5. The molecule has 0 atom stereocenters. The van der Waals surface area contributed by atoms with Crippen LogP contribution in [-0.2, 0) is 19.1 Å². The maximum atomic E-state index is 11.3. The molecule has 0 aliphatic rings. The van der Waals surface area contributed by atoms with E-state index in [0.29, 0.717) is 38.8 Å². The number of primary amides is 1. The maximum Gasteiger partial charge on any atom is 0.220 e. The summed E-state index contributed by atoms with van der Waals surface area (Å²) in [5, 5.41) is 11.6. The van der Waals surface area contributed by atoms with Gasteiger partial charge >= 0.3 is 0 Å². The van der Waals surface area contributed by atoms with Crippen molar-refractivity contribution in [3.05, 3.63) is 0 Å². The summed E-state index contributed by atoms with van der Waals surface area (Å²) in [6.45, 7) is 14.6. The van der Waals surface area contributed by atoms with Crippen LogP contribution in [0.15, 0.2) is 0 Å². The summed E-state index contributed by atoms with van der Waals surface area (Å²) >= 11 is 0. The number of aliphatic hydroxyl groups is 1.